The van der Waals surface area contributed by atoms with Gasteiger partial charge in [-0.15, -0.1) is 0 Å². The smallest absolute Gasteiger partial charge is 0.205 e. The molecule has 0 amide bonds. The van der Waals surface area contributed by atoms with E-state index < -0.39 is 21.7 Å². The average Bonchev–Trinajstić information content (AvgIpc) is 2.94. The lowest BCUT2D eigenvalue weighted by molar-refractivity contribution is -0.180. The predicted octanol–water partition coefficient (Wildman–Crippen LogP) is 3.96. The zero-order chi connectivity index (χ0) is 29.0. The van der Waals surface area contributed by atoms with Crippen molar-refractivity contribution in [1.29, 1.82) is 0 Å². The summed E-state index contributed by atoms with van der Waals surface area (Å²) in [5.74, 6) is 1.51. The van der Waals surface area contributed by atoms with Gasteiger partial charge in [-0.2, -0.15) is 0 Å². The maximum absolute atomic E-state index is 11.8. The number of aliphatic hydroxyl groups excluding tert-OH is 1. The summed E-state index contributed by atoms with van der Waals surface area (Å²) in [4.78, 5) is 0.273. The molecule has 3 aromatic carbocycles. The number of rotatable bonds is 11. The summed E-state index contributed by atoms with van der Waals surface area (Å²) in [5, 5.41) is 14.0. The van der Waals surface area contributed by atoms with Gasteiger partial charge in [0, 0.05) is 32.2 Å². The van der Waals surface area contributed by atoms with Crippen LogP contribution in [0.15, 0.2) is 65.6 Å². The molecule has 0 bridgehead atoms. The highest BCUT2D eigenvalue weighted by molar-refractivity contribution is 7.90. The highest BCUT2D eigenvalue weighted by atomic mass is 32.2. The number of sulfone groups is 1. The Bertz CT molecular complexity index is 1470. The molecule has 2 N–H and O–H groups in total. The normalized spacial score (nSPS) is 18.3. The highest BCUT2D eigenvalue weighted by Crippen LogP contribution is 2.34. The molecule has 3 aromatic rings. The van der Waals surface area contributed by atoms with Crippen molar-refractivity contribution in [1.82, 2.24) is 5.32 Å². The van der Waals surface area contributed by atoms with E-state index in [1.807, 2.05) is 56.3 Å². The van der Waals surface area contributed by atoms with Gasteiger partial charge in [0.2, 0.25) is 5.79 Å². The van der Waals surface area contributed by atoms with Gasteiger partial charge in [-0.05, 0) is 66.1 Å². The summed E-state index contributed by atoms with van der Waals surface area (Å²) in [7, 11) is -3.27. The second kappa shape index (κ2) is 12.4. The molecule has 0 spiro atoms. The maximum Gasteiger partial charge on any atom is 0.205 e. The Labute approximate surface area is 241 Å². The summed E-state index contributed by atoms with van der Waals surface area (Å²) >= 11 is 0. The number of aliphatic hydroxyl groups is 1. The monoisotopic (exact) mass is 583 g/mol. The zero-order valence-electron chi connectivity index (χ0n) is 23.6. The second-order valence-electron chi connectivity index (χ2n) is 10.9. The third-order valence-electron chi connectivity index (χ3n) is 6.95. The summed E-state index contributed by atoms with van der Waals surface area (Å²) in [6.07, 6.45) is 1.02. The number of benzene rings is 3. The first-order valence-electron chi connectivity index (χ1n) is 13.7. The van der Waals surface area contributed by atoms with Crippen molar-refractivity contribution in [2.24, 2.45) is 0 Å². The molecule has 0 saturated heterocycles. The van der Waals surface area contributed by atoms with Crippen LogP contribution in [-0.2, 0) is 38.9 Å². The van der Waals surface area contributed by atoms with E-state index in [0.29, 0.717) is 44.4 Å². The van der Waals surface area contributed by atoms with Gasteiger partial charge in [-0.1, -0.05) is 24.3 Å². The van der Waals surface area contributed by atoms with Gasteiger partial charge in [0.25, 0.3) is 0 Å². The Hall–Kier alpha value is -3.15. The molecule has 2 aliphatic rings. The molecule has 0 saturated carbocycles. The van der Waals surface area contributed by atoms with Crippen LogP contribution in [0.2, 0.25) is 0 Å². The van der Waals surface area contributed by atoms with E-state index >= 15 is 0 Å². The van der Waals surface area contributed by atoms with Crippen LogP contribution >= 0.6 is 0 Å². The van der Waals surface area contributed by atoms with E-state index in [-0.39, 0.29) is 17.6 Å². The van der Waals surface area contributed by atoms with Crippen molar-refractivity contribution >= 4 is 9.84 Å². The zero-order valence-corrected chi connectivity index (χ0v) is 24.4. The lowest BCUT2D eigenvalue weighted by atomic mass is 10.0. The standard InChI is InChI=1S/C31H37NO8S/c1-31(2)38-18-24-15-23(8-10-28(24)40-31)27(33)16-32-12-11-21-7-9-29-30(14-21)39-25(20-37-29)19-36-17-22-5-4-6-26(13-22)41(3,34)35/h4-10,13-15,25,27,32-33H,11-12,16-20H2,1-3H3/t25-,27+/m1/s1. The Balaban J connectivity index is 1.07. The van der Waals surface area contributed by atoms with Crippen molar-refractivity contribution in [3.05, 3.63) is 82.9 Å². The maximum atomic E-state index is 11.8. The van der Waals surface area contributed by atoms with Gasteiger partial charge in [0.1, 0.15) is 12.4 Å². The number of hydrogen-bond acceptors (Lipinski definition) is 9. The minimum Gasteiger partial charge on any atom is -0.486 e. The quantitative estimate of drug-likeness (QED) is 0.324. The number of fused-ring (bicyclic) bond motifs is 2. The lowest BCUT2D eigenvalue weighted by Crippen LogP contribution is -2.35. The van der Waals surface area contributed by atoms with Gasteiger partial charge < -0.3 is 34.1 Å². The molecule has 220 valence electrons. The fourth-order valence-corrected chi connectivity index (χ4v) is 5.42. The fraction of sp³-hybridized carbons (Fsp3) is 0.419. The molecule has 9 nitrogen and oxygen atoms in total. The van der Waals surface area contributed by atoms with E-state index in [9.17, 15) is 13.5 Å². The molecular formula is C31H37NO8S. The molecule has 5 rings (SSSR count). The van der Waals surface area contributed by atoms with Crippen LogP contribution < -0.4 is 19.5 Å². The van der Waals surface area contributed by atoms with Crippen LogP contribution in [0.5, 0.6) is 17.2 Å². The van der Waals surface area contributed by atoms with Gasteiger partial charge in [0.15, 0.2) is 27.4 Å². The van der Waals surface area contributed by atoms with Crippen molar-refractivity contribution in [2.45, 2.75) is 56.4 Å². The van der Waals surface area contributed by atoms with E-state index in [1.54, 1.807) is 18.2 Å². The molecule has 2 aliphatic heterocycles. The molecule has 0 aromatic heterocycles. The van der Waals surface area contributed by atoms with Crippen molar-refractivity contribution in [2.75, 3.05) is 32.6 Å². The van der Waals surface area contributed by atoms with Crippen molar-refractivity contribution < 1.29 is 37.2 Å². The minimum atomic E-state index is -3.27. The summed E-state index contributed by atoms with van der Waals surface area (Å²) < 4.78 is 52.9. The van der Waals surface area contributed by atoms with Crippen LogP contribution in [-0.4, -0.2) is 58.0 Å². The minimum absolute atomic E-state index is 0.273. The molecule has 0 unspecified atom stereocenters. The largest absolute Gasteiger partial charge is 0.486 e. The molecule has 2 heterocycles. The first kappa shape index (κ1) is 29.3. The summed E-state index contributed by atoms with van der Waals surface area (Å²) in [6, 6.07) is 18.3. The Morgan fingerprint density at radius 1 is 1.05 bits per heavy atom. The number of ether oxygens (including phenoxy) is 5. The first-order valence-corrected chi connectivity index (χ1v) is 15.6. The molecule has 41 heavy (non-hydrogen) atoms. The first-order chi connectivity index (χ1) is 19.6. The predicted molar refractivity (Wildman–Crippen MR) is 153 cm³/mol. The third kappa shape index (κ3) is 7.78. The van der Waals surface area contributed by atoms with Gasteiger partial charge in [-0.25, -0.2) is 8.42 Å². The Kier molecular flexibility index (Phi) is 8.86. The van der Waals surface area contributed by atoms with E-state index in [0.717, 1.165) is 34.4 Å². The average molecular weight is 584 g/mol. The summed E-state index contributed by atoms with van der Waals surface area (Å²) in [6.45, 7) is 6.27. The third-order valence-corrected chi connectivity index (χ3v) is 8.06. The van der Waals surface area contributed by atoms with Crippen LogP contribution in [0.3, 0.4) is 0 Å². The molecule has 2 atom stereocenters. The van der Waals surface area contributed by atoms with Crippen LogP contribution in [0.25, 0.3) is 0 Å². The molecular weight excluding hydrogens is 546 g/mol. The molecule has 10 heteroatoms. The molecule has 0 fully saturated rings. The summed E-state index contributed by atoms with van der Waals surface area (Å²) in [5.41, 5.74) is 3.61. The van der Waals surface area contributed by atoms with Gasteiger partial charge in [-0.3, -0.25) is 0 Å². The van der Waals surface area contributed by atoms with Crippen LogP contribution in [0, 0.1) is 0 Å². The van der Waals surface area contributed by atoms with Crippen molar-refractivity contribution in [3.63, 3.8) is 0 Å². The molecule has 0 radical (unpaired) electrons. The Morgan fingerprint density at radius 2 is 1.88 bits per heavy atom. The lowest BCUT2D eigenvalue weighted by Gasteiger charge is -2.33. The molecule has 0 aliphatic carbocycles. The van der Waals surface area contributed by atoms with E-state index in [1.165, 1.54) is 6.26 Å². The SMILES string of the molecule is CC1(C)OCc2cc([C@@H](O)CNCCc3ccc4c(c3)O[C@H](COCc3cccc(S(C)(=O)=O)c3)CO4)ccc2O1. The topological polar surface area (TPSA) is 113 Å². The highest BCUT2D eigenvalue weighted by Gasteiger charge is 2.28. The number of nitrogens with one attached hydrogen (secondary N) is 1. The fourth-order valence-electron chi connectivity index (χ4n) is 4.73. The van der Waals surface area contributed by atoms with E-state index in [4.69, 9.17) is 23.7 Å². The second-order valence-corrected chi connectivity index (χ2v) is 12.9. The Morgan fingerprint density at radius 3 is 2.71 bits per heavy atom. The van der Waals surface area contributed by atoms with Gasteiger partial charge in [0.05, 0.1) is 30.8 Å². The van der Waals surface area contributed by atoms with Gasteiger partial charge >= 0.3 is 0 Å². The number of hydrogen-bond donors (Lipinski definition) is 2. The van der Waals surface area contributed by atoms with E-state index in [2.05, 4.69) is 5.32 Å². The van der Waals surface area contributed by atoms with Crippen molar-refractivity contribution in [3.8, 4) is 17.2 Å². The van der Waals surface area contributed by atoms with Crippen LogP contribution in [0.1, 0.15) is 42.2 Å². The van der Waals surface area contributed by atoms with Crippen LogP contribution in [0.4, 0.5) is 0 Å².